The van der Waals surface area contributed by atoms with Gasteiger partial charge in [0.05, 0.1) is 11.5 Å². The molecule has 102 valence electrons. The monoisotopic (exact) mass is 279 g/mol. The molecule has 4 nitrogen and oxygen atoms in total. The van der Waals surface area contributed by atoms with E-state index in [-0.39, 0.29) is 29.4 Å². The molecular formula is C14H17NO3S. The highest BCUT2D eigenvalue weighted by atomic mass is 32.2. The zero-order chi connectivity index (χ0) is 13.5. The number of hydrogen-bond donors (Lipinski definition) is 1. The molecule has 19 heavy (non-hydrogen) atoms. The summed E-state index contributed by atoms with van der Waals surface area (Å²) in [6.45, 7) is 0. The van der Waals surface area contributed by atoms with Crippen LogP contribution in [-0.4, -0.2) is 31.9 Å². The van der Waals surface area contributed by atoms with E-state index in [4.69, 9.17) is 0 Å². The van der Waals surface area contributed by atoms with Crippen molar-refractivity contribution >= 4 is 15.7 Å². The highest BCUT2D eigenvalue weighted by Gasteiger charge is 2.44. The predicted molar refractivity (Wildman–Crippen MR) is 72.5 cm³/mol. The summed E-state index contributed by atoms with van der Waals surface area (Å²) < 4.78 is 22.7. The lowest BCUT2D eigenvalue weighted by Crippen LogP contribution is -2.36. The van der Waals surface area contributed by atoms with Crippen LogP contribution in [-0.2, 0) is 14.6 Å². The maximum absolute atomic E-state index is 12.1. The van der Waals surface area contributed by atoms with E-state index in [2.05, 4.69) is 5.32 Å². The summed E-state index contributed by atoms with van der Waals surface area (Å²) in [5.41, 5.74) is 1.20. The van der Waals surface area contributed by atoms with Crippen molar-refractivity contribution in [2.45, 2.75) is 24.8 Å². The van der Waals surface area contributed by atoms with Crippen LogP contribution in [0.15, 0.2) is 30.3 Å². The lowest BCUT2D eigenvalue weighted by molar-refractivity contribution is -0.122. The predicted octanol–water partition coefficient (Wildman–Crippen LogP) is 1.09. The van der Waals surface area contributed by atoms with E-state index in [1.54, 1.807) is 0 Å². The summed E-state index contributed by atoms with van der Waals surface area (Å²) in [7, 11) is -2.93. The largest absolute Gasteiger partial charge is 0.352 e. The van der Waals surface area contributed by atoms with E-state index in [0.29, 0.717) is 12.3 Å². The number of hydrogen-bond acceptors (Lipinski definition) is 3. The molecule has 0 aromatic heterocycles. The summed E-state index contributed by atoms with van der Waals surface area (Å²) in [6.07, 6.45) is 1.42. The Hall–Kier alpha value is -1.36. The van der Waals surface area contributed by atoms with Crippen molar-refractivity contribution in [1.29, 1.82) is 0 Å². The second kappa shape index (κ2) is 4.63. The van der Waals surface area contributed by atoms with Crippen molar-refractivity contribution in [3.05, 3.63) is 35.9 Å². The van der Waals surface area contributed by atoms with Gasteiger partial charge in [-0.25, -0.2) is 8.42 Å². The van der Waals surface area contributed by atoms with E-state index in [1.807, 2.05) is 30.3 Å². The molecular weight excluding hydrogens is 262 g/mol. The van der Waals surface area contributed by atoms with Gasteiger partial charge in [0.1, 0.15) is 0 Å². The summed E-state index contributed by atoms with van der Waals surface area (Å²) in [4.78, 5) is 12.1. The molecule has 3 rings (SSSR count). The number of amides is 1. The molecule has 1 N–H and O–H groups in total. The Morgan fingerprint density at radius 3 is 2.58 bits per heavy atom. The highest BCUT2D eigenvalue weighted by molar-refractivity contribution is 7.91. The summed E-state index contributed by atoms with van der Waals surface area (Å²) >= 11 is 0. The van der Waals surface area contributed by atoms with E-state index >= 15 is 0 Å². The van der Waals surface area contributed by atoms with Crippen molar-refractivity contribution in [1.82, 2.24) is 5.32 Å². The minimum atomic E-state index is -2.93. The normalized spacial score (nSPS) is 31.9. The van der Waals surface area contributed by atoms with Gasteiger partial charge in [-0.3, -0.25) is 4.79 Å². The van der Waals surface area contributed by atoms with Crippen LogP contribution in [0.4, 0.5) is 0 Å². The lowest BCUT2D eigenvalue weighted by atomic mass is 10.1. The molecule has 0 radical (unpaired) electrons. The molecule has 1 aromatic rings. The van der Waals surface area contributed by atoms with Crippen molar-refractivity contribution in [2.24, 2.45) is 5.92 Å². The summed E-state index contributed by atoms with van der Waals surface area (Å²) in [5.74, 6) is 0.632. The average Bonchev–Trinajstić information content (AvgIpc) is 3.11. The van der Waals surface area contributed by atoms with Crippen molar-refractivity contribution in [2.75, 3.05) is 11.5 Å². The molecule has 2 aliphatic rings. The average molecular weight is 279 g/mol. The number of benzene rings is 1. The zero-order valence-corrected chi connectivity index (χ0v) is 11.4. The van der Waals surface area contributed by atoms with E-state index in [0.717, 1.165) is 6.42 Å². The molecule has 1 aromatic carbocycles. The van der Waals surface area contributed by atoms with Gasteiger partial charge in [0.15, 0.2) is 9.84 Å². The topological polar surface area (TPSA) is 63.2 Å². The first kappa shape index (κ1) is 12.7. The first-order valence-electron chi connectivity index (χ1n) is 6.61. The van der Waals surface area contributed by atoms with Gasteiger partial charge in [0, 0.05) is 12.0 Å². The molecule has 5 heteroatoms. The molecule has 3 unspecified atom stereocenters. The summed E-state index contributed by atoms with van der Waals surface area (Å²) in [5, 5.41) is 2.88. The first-order chi connectivity index (χ1) is 9.05. The van der Waals surface area contributed by atoms with E-state index in [1.165, 1.54) is 5.56 Å². The van der Waals surface area contributed by atoms with Crippen molar-refractivity contribution < 1.29 is 13.2 Å². The quantitative estimate of drug-likeness (QED) is 0.901. The number of carbonyl (C=O) groups is 1. The van der Waals surface area contributed by atoms with Crippen LogP contribution in [0.2, 0.25) is 0 Å². The van der Waals surface area contributed by atoms with Gasteiger partial charge < -0.3 is 5.32 Å². The third kappa shape index (κ3) is 2.81. The van der Waals surface area contributed by atoms with E-state index < -0.39 is 9.84 Å². The van der Waals surface area contributed by atoms with Crippen LogP contribution in [0.25, 0.3) is 0 Å². The van der Waals surface area contributed by atoms with Gasteiger partial charge in [0.25, 0.3) is 0 Å². The van der Waals surface area contributed by atoms with Crippen LogP contribution in [0.1, 0.15) is 24.3 Å². The molecule has 1 amide bonds. The van der Waals surface area contributed by atoms with Gasteiger partial charge in [-0.15, -0.1) is 0 Å². The van der Waals surface area contributed by atoms with Crippen LogP contribution in [0.5, 0.6) is 0 Å². The second-order valence-corrected chi connectivity index (χ2v) is 7.70. The van der Waals surface area contributed by atoms with Crippen molar-refractivity contribution in [3.8, 4) is 0 Å². The van der Waals surface area contributed by atoms with Gasteiger partial charge in [-0.05, 0) is 24.3 Å². The standard InChI is InChI=1S/C14H17NO3S/c16-14(15-11-6-7-19(17,18)9-11)13-8-12(13)10-4-2-1-3-5-10/h1-5,11-13H,6-9H2,(H,15,16). The highest BCUT2D eigenvalue weighted by Crippen LogP contribution is 2.47. The van der Waals surface area contributed by atoms with Crippen LogP contribution < -0.4 is 5.32 Å². The first-order valence-corrected chi connectivity index (χ1v) is 8.43. The summed E-state index contributed by atoms with van der Waals surface area (Å²) in [6, 6.07) is 9.81. The molecule has 1 saturated heterocycles. The lowest BCUT2D eigenvalue weighted by Gasteiger charge is -2.10. The Labute approximate surface area is 113 Å². The van der Waals surface area contributed by atoms with Crippen LogP contribution in [0, 0.1) is 5.92 Å². The fourth-order valence-corrected chi connectivity index (χ4v) is 4.44. The molecule has 0 spiro atoms. The smallest absolute Gasteiger partial charge is 0.223 e. The Morgan fingerprint density at radius 1 is 1.21 bits per heavy atom. The van der Waals surface area contributed by atoms with Gasteiger partial charge >= 0.3 is 0 Å². The molecule has 0 bridgehead atoms. The minimum absolute atomic E-state index is 0.0101. The Bertz CT molecular complexity index is 582. The molecule has 1 aliphatic carbocycles. The number of rotatable bonds is 3. The third-order valence-electron chi connectivity index (χ3n) is 3.93. The van der Waals surface area contributed by atoms with Crippen LogP contribution in [0.3, 0.4) is 0 Å². The molecule has 1 saturated carbocycles. The van der Waals surface area contributed by atoms with Gasteiger partial charge in [-0.2, -0.15) is 0 Å². The van der Waals surface area contributed by atoms with Crippen LogP contribution >= 0.6 is 0 Å². The fraction of sp³-hybridized carbons (Fsp3) is 0.500. The van der Waals surface area contributed by atoms with E-state index in [9.17, 15) is 13.2 Å². The Morgan fingerprint density at radius 2 is 1.95 bits per heavy atom. The van der Waals surface area contributed by atoms with Crippen molar-refractivity contribution in [3.63, 3.8) is 0 Å². The SMILES string of the molecule is O=C(NC1CCS(=O)(=O)C1)C1CC1c1ccccc1. The van der Waals surface area contributed by atoms with Gasteiger partial charge in [0.2, 0.25) is 5.91 Å². The third-order valence-corrected chi connectivity index (χ3v) is 5.70. The maximum Gasteiger partial charge on any atom is 0.223 e. The molecule has 1 aliphatic heterocycles. The molecule has 3 atom stereocenters. The number of carbonyl (C=O) groups excluding carboxylic acids is 1. The molecule has 2 fully saturated rings. The number of nitrogens with one attached hydrogen (secondary N) is 1. The fourth-order valence-electron chi connectivity index (χ4n) is 2.77. The minimum Gasteiger partial charge on any atom is -0.352 e. The maximum atomic E-state index is 12.1. The second-order valence-electron chi connectivity index (χ2n) is 5.47. The van der Waals surface area contributed by atoms with Gasteiger partial charge in [-0.1, -0.05) is 30.3 Å². The number of sulfone groups is 1. The molecule has 1 heterocycles. The Balaban J connectivity index is 1.56. The zero-order valence-electron chi connectivity index (χ0n) is 10.6. The Kier molecular flexibility index (Phi) is 3.09.